The molecule has 0 aliphatic carbocycles. The number of aliphatic hydroxyl groups excluding tert-OH is 1. The van der Waals surface area contributed by atoms with Gasteiger partial charge in [-0.25, -0.2) is 0 Å². The molecule has 41 heavy (non-hydrogen) atoms. The molecule has 3 atom stereocenters. The zero-order valence-corrected chi connectivity index (χ0v) is 26.2. The fraction of sp³-hybridized carbons (Fsp3) is 0.429. The van der Waals surface area contributed by atoms with E-state index in [0.717, 1.165) is 16.7 Å². The van der Waals surface area contributed by atoms with Crippen molar-refractivity contribution in [2.24, 2.45) is 0 Å². The van der Waals surface area contributed by atoms with E-state index in [1.165, 1.54) is 0 Å². The lowest BCUT2D eigenvalue weighted by Crippen LogP contribution is -2.52. The molecule has 0 saturated heterocycles. The van der Waals surface area contributed by atoms with Crippen LogP contribution in [0.4, 0.5) is 0 Å². The van der Waals surface area contributed by atoms with Gasteiger partial charge in [0, 0.05) is 6.42 Å². The molecule has 6 heteroatoms. The van der Waals surface area contributed by atoms with E-state index >= 15 is 0 Å². The number of hydrogen-bond donors (Lipinski definition) is 1. The average Bonchev–Trinajstić information content (AvgIpc) is 2.96. The van der Waals surface area contributed by atoms with Crippen molar-refractivity contribution >= 4 is 8.32 Å². The number of aliphatic hydroxyl groups is 1. The topological polar surface area (TPSA) is 57.2 Å². The third kappa shape index (κ3) is 11.2. The summed E-state index contributed by atoms with van der Waals surface area (Å²) in [4.78, 5) is 0. The standard InChI is InChI=1S/C35H46O5Si/c1-35(2,3)41(4,5)40-33(28-37-25-29-17-9-6-10-18-29)34(39-27-31-21-13-8-14-22-31)32(23-15-16-24-36)38-26-30-19-11-7-12-20-30/h6-14,17-22,32-34,36H,16,24-28H2,1-5H3/t32-,33+,34-/m0/s1. The first-order chi connectivity index (χ1) is 19.7. The van der Waals surface area contributed by atoms with E-state index in [1.807, 2.05) is 78.9 Å². The highest BCUT2D eigenvalue weighted by molar-refractivity contribution is 6.74. The van der Waals surface area contributed by atoms with Crippen molar-refractivity contribution < 1.29 is 23.7 Å². The van der Waals surface area contributed by atoms with Crippen LogP contribution in [0.3, 0.4) is 0 Å². The second kappa shape index (κ2) is 16.6. The van der Waals surface area contributed by atoms with Gasteiger partial charge in [0.05, 0.1) is 39.1 Å². The van der Waals surface area contributed by atoms with Crippen molar-refractivity contribution in [1.29, 1.82) is 0 Å². The second-order valence-corrected chi connectivity index (χ2v) is 16.4. The van der Waals surface area contributed by atoms with Crippen molar-refractivity contribution in [2.75, 3.05) is 13.2 Å². The molecule has 1 N–H and O–H groups in total. The smallest absolute Gasteiger partial charge is 0.192 e. The summed E-state index contributed by atoms with van der Waals surface area (Å²) >= 11 is 0. The van der Waals surface area contributed by atoms with E-state index in [0.29, 0.717) is 32.8 Å². The molecule has 3 aromatic carbocycles. The first-order valence-electron chi connectivity index (χ1n) is 14.4. The summed E-state index contributed by atoms with van der Waals surface area (Å²) in [5, 5.41) is 9.42. The molecular weight excluding hydrogens is 528 g/mol. The fourth-order valence-electron chi connectivity index (χ4n) is 3.98. The Balaban J connectivity index is 1.94. The third-order valence-corrected chi connectivity index (χ3v) is 11.9. The third-order valence-electron chi connectivity index (χ3n) is 7.35. The van der Waals surface area contributed by atoms with Crippen molar-refractivity contribution in [3.8, 4) is 11.8 Å². The average molecular weight is 575 g/mol. The Labute approximate surface area is 248 Å². The Morgan fingerprint density at radius 2 is 1.22 bits per heavy atom. The van der Waals surface area contributed by atoms with Crippen LogP contribution in [0.5, 0.6) is 0 Å². The number of benzene rings is 3. The highest BCUT2D eigenvalue weighted by atomic mass is 28.4. The summed E-state index contributed by atoms with van der Waals surface area (Å²) in [6.45, 7) is 12.7. The molecule has 0 aliphatic rings. The van der Waals surface area contributed by atoms with Crippen molar-refractivity contribution in [3.63, 3.8) is 0 Å². The first-order valence-corrected chi connectivity index (χ1v) is 17.3. The molecule has 0 aromatic heterocycles. The van der Waals surface area contributed by atoms with Crippen molar-refractivity contribution in [3.05, 3.63) is 108 Å². The quantitative estimate of drug-likeness (QED) is 0.154. The van der Waals surface area contributed by atoms with Crippen LogP contribution in [0.1, 0.15) is 43.9 Å². The second-order valence-electron chi connectivity index (χ2n) is 11.7. The number of hydrogen-bond acceptors (Lipinski definition) is 5. The van der Waals surface area contributed by atoms with E-state index in [9.17, 15) is 5.11 Å². The highest BCUT2D eigenvalue weighted by Crippen LogP contribution is 2.38. The Morgan fingerprint density at radius 1 is 0.732 bits per heavy atom. The van der Waals surface area contributed by atoms with Crippen LogP contribution >= 0.6 is 0 Å². The van der Waals surface area contributed by atoms with Crippen LogP contribution in [-0.2, 0) is 38.5 Å². The Kier molecular flexibility index (Phi) is 13.3. The molecule has 0 spiro atoms. The molecule has 0 heterocycles. The maximum atomic E-state index is 9.44. The number of ether oxygens (including phenoxy) is 3. The van der Waals surface area contributed by atoms with Gasteiger partial charge < -0.3 is 23.7 Å². The van der Waals surface area contributed by atoms with E-state index in [4.69, 9.17) is 18.6 Å². The highest BCUT2D eigenvalue weighted by Gasteiger charge is 2.43. The lowest BCUT2D eigenvalue weighted by atomic mass is 10.1. The molecule has 0 bridgehead atoms. The minimum atomic E-state index is -2.24. The summed E-state index contributed by atoms with van der Waals surface area (Å²) in [6.07, 6.45) is -1.20. The van der Waals surface area contributed by atoms with Crippen LogP contribution in [-0.4, -0.2) is 44.9 Å². The molecule has 220 valence electrons. The molecule has 0 amide bonds. The minimum Gasteiger partial charge on any atom is -0.409 e. The molecule has 0 saturated carbocycles. The fourth-order valence-corrected chi connectivity index (χ4v) is 5.29. The molecule has 3 rings (SSSR count). The first kappa shape index (κ1) is 32.7. The zero-order chi connectivity index (χ0) is 29.6. The normalized spacial score (nSPS) is 14.1. The molecule has 5 nitrogen and oxygen atoms in total. The number of rotatable bonds is 15. The van der Waals surface area contributed by atoms with Crippen molar-refractivity contribution in [2.45, 2.75) is 83.5 Å². The van der Waals surface area contributed by atoms with Gasteiger partial charge in [-0.3, -0.25) is 0 Å². The van der Waals surface area contributed by atoms with Crippen LogP contribution in [0.15, 0.2) is 91.0 Å². The van der Waals surface area contributed by atoms with E-state index in [2.05, 4.69) is 57.8 Å². The maximum absolute atomic E-state index is 9.44. The van der Waals surface area contributed by atoms with Gasteiger partial charge in [0.15, 0.2) is 8.32 Å². The van der Waals surface area contributed by atoms with Crippen molar-refractivity contribution in [1.82, 2.24) is 0 Å². The molecule has 0 unspecified atom stereocenters. The summed E-state index contributed by atoms with van der Waals surface area (Å²) in [6, 6.07) is 30.3. The lowest BCUT2D eigenvalue weighted by molar-refractivity contribution is -0.126. The predicted molar refractivity (Wildman–Crippen MR) is 168 cm³/mol. The van der Waals surface area contributed by atoms with Crippen LogP contribution in [0.2, 0.25) is 18.1 Å². The van der Waals surface area contributed by atoms with Gasteiger partial charge in [-0.2, -0.15) is 0 Å². The zero-order valence-electron chi connectivity index (χ0n) is 25.2. The summed E-state index contributed by atoms with van der Waals surface area (Å²) in [5.74, 6) is 6.35. The van der Waals surface area contributed by atoms with Crippen LogP contribution < -0.4 is 0 Å². The SMILES string of the molecule is CC(C)(C)[Si](C)(C)O[C@H](COCc1ccccc1)[C@@H](OCc1ccccc1)[C@H](C#CCCO)OCc1ccccc1. The minimum absolute atomic E-state index is 0.0158. The van der Waals surface area contributed by atoms with Gasteiger partial charge in [-0.1, -0.05) is 124 Å². The van der Waals surface area contributed by atoms with Crippen LogP contribution in [0.25, 0.3) is 0 Å². The Bertz CT molecular complexity index is 1180. The van der Waals surface area contributed by atoms with Gasteiger partial charge in [-0.05, 0) is 34.8 Å². The van der Waals surface area contributed by atoms with Gasteiger partial charge in [0.2, 0.25) is 0 Å². The van der Waals surface area contributed by atoms with Gasteiger partial charge in [-0.15, -0.1) is 0 Å². The van der Waals surface area contributed by atoms with E-state index < -0.39 is 26.6 Å². The summed E-state index contributed by atoms with van der Waals surface area (Å²) < 4.78 is 26.4. The van der Waals surface area contributed by atoms with E-state index in [-0.39, 0.29) is 11.6 Å². The monoisotopic (exact) mass is 574 g/mol. The summed E-state index contributed by atoms with van der Waals surface area (Å²) in [7, 11) is -2.24. The summed E-state index contributed by atoms with van der Waals surface area (Å²) in [5.41, 5.74) is 3.20. The molecule has 3 aromatic rings. The van der Waals surface area contributed by atoms with E-state index in [1.54, 1.807) is 0 Å². The molecule has 0 fully saturated rings. The van der Waals surface area contributed by atoms with Gasteiger partial charge >= 0.3 is 0 Å². The lowest BCUT2D eigenvalue weighted by Gasteiger charge is -2.42. The van der Waals surface area contributed by atoms with Gasteiger partial charge in [0.1, 0.15) is 12.2 Å². The maximum Gasteiger partial charge on any atom is 0.192 e. The molecular formula is C35H46O5Si. The Morgan fingerprint density at radius 3 is 1.71 bits per heavy atom. The predicted octanol–water partition coefficient (Wildman–Crippen LogP) is 7.15. The Hall–Kier alpha value is -2.76. The molecule has 0 aliphatic heterocycles. The van der Waals surface area contributed by atoms with Crippen LogP contribution in [0, 0.1) is 11.8 Å². The van der Waals surface area contributed by atoms with Gasteiger partial charge in [0.25, 0.3) is 0 Å². The largest absolute Gasteiger partial charge is 0.409 e. The molecule has 0 radical (unpaired) electrons.